The summed E-state index contributed by atoms with van der Waals surface area (Å²) in [5.41, 5.74) is 5.89. The van der Waals surface area contributed by atoms with Gasteiger partial charge in [-0.25, -0.2) is 9.67 Å². The van der Waals surface area contributed by atoms with Crippen molar-refractivity contribution >= 4 is 17.4 Å². The lowest BCUT2D eigenvalue weighted by molar-refractivity contribution is 0.846. The van der Waals surface area contributed by atoms with Crippen molar-refractivity contribution in [2.75, 3.05) is 0 Å². The highest BCUT2D eigenvalue weighted by Gasteiger charge is 2.01. The number of nitrogens with one attached hydrogen (secondary N) is 1. The van der Waals surface area contributed by atoms with Crippen LogP contribution in [-0.4, -0.2) is 20.6 Å². The molecule has 0 radical (unpaired) electrons. The van der Waals surface area contributed by atoms with E-state index in [1.807, 2.05) is 0 Å². The first-order valence-electron chi connectivity index (χ1n) is 4.18. The fourth-order valence-corrected chi connectivity index (χ4v) is 1.24. The zero-order chi connectivity index (χ0) is 10.8. The van der Waals surface area contributed by atoms with Gasteiger partial charge in [0.1, 0.15) is 5.84 Å². The number of amidine groups is 1. The molecular weight excluding hydrogens is 214 g/mol. The number of aromatic nitrogens is 3. The number of rotatable bonds is 2. The van der Waals surface area contributed by atoms with Crippen LogP contribution < -0.4 is 5.73 Å². The molecule has 2 rings (SSSR count). The first kappa shape index (κ1) is 9.67. The Balaban J connectivity index is 2.35. The highest BCUT2D eigenvalue weighted by molar-refractivity contribution is 6.30. The van der Waals surface area contributed by atoms with E-state index in [2.05, 4.69) is 10.1 Å². The van der Waals surface area contributed by atoms with Gasteiger partial charge in [-0.3, -0.25) is 5.41 Å². The van der Waals surface area contributed by atoms with E-state index < -0.39 is 0 Å². The molecule has 0 unspecified atom stereocenters. The second-order valence-electron chi connectivity index (χ2n) is 2.92. The molecule has 2 aromatic rings. The standard InChI is InChI=1S/C9H8ClN5/c10-7-4-14-15(5-7)8-2-1-6(3-13-8)9(11)12/h1-5H,(H3,11,12). The van der Waals surface area contributed by atoms with Crippen LogP contribution in [0, 0.1) is 5.41 Å². The quantitative estimate of drug-likeness (QED) is 0.591. The summed E-state index contributed by atoms with van der Waals surface area (Å²) in [6.07, 6.45) is 4.70. The lowest BCUT2D eigenvalue weighted by Crippen LogP contribution is -2.11. The molecule has 15 heavy (non-hydrogen) atoms. The molecule has 5 nitrogen and oxygen atoms in total. The van der Waals surface area contributed by atoms with Gasteiger partial charge in [0.2, 0.25) is 0 Å². The predicted octanol–water partition coefficient (Wildman–Crippen LogP) is 1.20. The van der Waals surface area contributed by atoms with Gasteiger partial charge in [0.15, 0.2) is 5.82 Å². The Morgan fingerprint density at radius 3 is 2.67 bits per heavy atom. The van der Waals surface area contributed by atoms with Gasteiger partial charge in [-0.2, -0.15) is 5.10 Å². The van der Waals surface area contributed by atoms with E-state index in [-0.39, 0.29) is 5.84 Å². The average molecular weight is 222 g/mol. The minimum absolute atomic E-state index is 0.00690. The van der Waals surface area contributed by atoms with Gasteiger partial charge in [0.25, 0.3) is 0 Å². The molecule has 0 aliphatic heterocycles. The monoisotopic (exact) mass is 221 g/mol. The predicted molar refractivity (Wildman–Crippen MR) is 57.4 cm³/mol. The molecule has 0 aliphatic rings. The zero-order valence-corrected chi connectivity index (χ0v) is 8.44. The third-order valence-corrected chi connectivity index (χ3v) is 2.04. The Kier molecular flexibility index (Phi) is 2.39. The molecule has 0 amide bonds. The van der Waals surface area contributed by atoms with Crippen molar-refractivity contribution < 1.29 is 0 Å². The Bertz CT molecular complexity index is 487. The molecule has 0 atom stereocenters. The molecule has 76 valence electrons. The Morgan fingerprint density at radius 2 is 2.20 bits per heavy atom. The van der Waals surface area contributed by atoms with Crippen LogP contribution >= 0.6 is 11.6 Å². The van der Waals surface area contributed by atoms with Crippen LogP contribution in [0.25, 0.3) is 5.82 Å². The van der Waals surface area contributed by atoms with Gasteiger partial charge in [-0.15, -0.1) is 0 Å². The van der Waals surface area contributed by atoms with Gasteiger partial charge < -0.3 is 5.73 Å². The maximum absolute atomic E-state index is 7.21. The third kappa shape index (κ3) is 1.97. The van der Waals surface area contributed by atoms with E-state index in [1.165, 1.54) is 12.4 Å². The van der Waals surface area contributed by atoms with Crippen molar-refractivity contribution in [3.8, 4) is 5.82 Å². The number of nitrogen functional groups attached to an aromatic ring is 1. The average Bonchev–Trinajstić information content (AvgIpc) is 2.65. The number of hydrogen-bond acceptors (Lipinski definition) is 3. The summed E-state index contributed by atoms with van der Waals surface area (Å²) < 4.78 is 1.55. The summed E-state index contributed by atoms with van der Waals surface area (Å²) in [6.45, 7) is 0. The van der Waals surface area contributed by atoms with E-state index in [4.69, 9.17) is 22.7 Å². The summed E-state index contributed by atoms with van der Waals surface area (Å²) in [5.74, 6) is 0.624. The summed E-state index contributed by atoms with van der Waals surface area (Å²) in [4.78, 5) is 4.10. The molecule has 0 aromatic carbocycles. The highest BCUT2D eigenvalue weighted by Crippen LogP contribution is 2.09. The topological polar surface area (TPSA) is 80.6 Å². The van der Waals surface area contributed by atoms with Crippen LogP contribution in [-0.2, 0) is 0 Å². The Morgan fingerprint density at radius 1 is 1.40 bits per heavy atom. The van der Waals surface area contributed by atoms with Gasteiger partial charge in [0.05, 0.1) is 17.4 Å². The van der Waals surface area contributed by atoms with E-state index >= 15 is 0 Å². The largest absolute Gasteiger partial charge is 0.384 e. The molecule has 0 saturated heterocycles. The van der Waals surface area contributed by atoms with Crippen LogP contribution in [0.2, 0.25) is 5.02 Å². The molecular formula is C9H8ClN5. The van der Waals surface area contributed by atoms with Crippen LogP contribution in [0.3, 0.4) is 0 Å². The number of nitrogens with zero attached hydrogens (tertiary/aromatic N) is 3. The van der Waals surface area contributed by atoms with Gasteiger partial charge in [0, 0.05) is 11.8 Å². The fraction of sp³-hybridized carbons (Fsp3) is 0. The first-order valence-corrected chi connectivity index (χ1v) is 4.55. The Hall–Kier alpha value is -1.88. The van der Waals surface area contributed by atoms with E-state index in [0.29, 0.717) is 16.4 Å². The number of hydrogen-bond donors (Lipinski definition) is 2. The molecule has 2 aromatic heterocycles. The number of pyridine rings is 1. The van der Waals surface area contributed by atoms with Crippen LogP contribution in [0.1, 0.15) is 5.56 Å². The molecule has 2 heterocycles. The minimum atomic E-state index is -0.00690. The number of halogens is 1. The van der Waals surface area contributed by atoms with Crippen molar-refractivity contribution in [3.05, 3.63) is 41.3 Å². The molecule has 0 fully saturated rings. The summed E-state index contributed by atoms with van der Waals surface area (Å²) in [6, 6.07) is 3.43. The normalized spacial score (nSPS) is 10.2. The lowest BCUT2D eigenvalue weighted by Gasteiger charge is -2.01. The van der Waals surface area contributed by atoms with Gasteiger partial charge in [-0.05, 0) is 12.1 Å². The molecule has 0 aliphatic carbocycles. The SMILES string of the molecule is N=C(N)c1ccc(-n2cc(Cl)cn2)nc1. The lowest BCUT2D eigenvalue weighted by atomic mass is 10.2. The molecule has 6 heteroatoms. The minimum Gasteiger partial charge on any atom is -0.384 e. The molecule has 0 saturated carbocycles. The maximum Gasteiger partial charge on any atom is 0.153 e. The molecule has 0 spiro atoms. The second kappa shape index (κ2) is 3.70. The first-order chi connectivity index (χ1) is 7.16. The Labute approximate surface area is 91.0 Å². The summed E-state index contributed by atoms with van der Waals surface area (Å²) >= 11 is 5.73. The smallest absolute Gasteiger partial charge is 0.153 e. The van der Waals surface area contributed by atoms with Crippen LogP contribution in [0.5, 0.6) is 0 Å². The third-order valence-electron chi connectivity index (χ3n) is 1.84. The van der Waals surface area contributed by atoms with Crippen LogP contribution in [0.15, 0.2) is 30.7 Å². The summed E-state index contributed by atoms with van der Waals surface area (Å²) in [7, 11) is 0. The fourth-order valence-electron chi connectivity index (χ4n) is 1.11. The van der Waals surface area contributed by atoms with Crippen molar-refractivity contribution in [2.24, 2.45) is 5.73 Å². The van der Waals surface area contributed by atoms with Gasteiger partial charge in [-0.1, -0.05) is 11.6 Å². The highest BCUT2D eigenvalue weighted by atomic mass is 35.5. The van der Waals surface area contributed by atoms with E-state index in [9.17, 15) is 0 Å². The van der Waals surface area contributed by atoms with E-state index in [0.717, 1.165) is 0 Å². The molecule has 0 bridgehead atoms. The van der Waals surface area contributed by atoms with Crippen molar-refractivity contribution in [2.45, 2.75) is 0 Å². The number of nitrogens with two attached hydrogens (primary N) is 1. The van der Waals surface area contributed by atoms with Crippen molar-refractivity contribution in [3.63, 3.8) is 0 Å². The van der Waals surface area contributed by atoms with Crippen molar-refractivity contribution in [1.29, 1.82) is 5.41 Å². The van der Waals surface area contributed by atoms with E-state index in [1.54, 1.807) is 23.0 Å². The van der Waals surface area contributed by atoms with Crippen LogP contribution in [0.4, 0.5) is 0 Å². The molecule has 3 N–H and O–H groups in total. The second-order valence-corrected chi connectivity index (χ2v) is 3.36. The van der Waals surface area contributed by atoms with Crippen molar-refractivity contribution in [1.82, 2.24) is 14.8 Å². The maximum atomic E-state index is 7.21. The summed E-state index contributed by atoms with van der Waals surface area (Å²) in [5, 5.41) is 11.8. The van der Waals surface area contributed by atoms with Gasteiger partial charge >= 0.3 is 0 Å². The zero-order valence-electron chi connectivity index (χ0n) is 7.68.